The second-order valence-electron chi connectivity index (χ2n) is 5.25. The molecule has 1 N–H and O–H groups in total. The number of aryl methyl sites for hydroxylation is 1. The molecule has 0 aliphatic rings. The highest BCUT2D eigenvalue weighted by Gasteiger charge is 2.25. The van der Waals surface area contributed by atoms with Gasteiger partial charge in [-0.1, -0.05) is 0 Å². The summed E-state index contributed by atoms with van der Waals surface area (Å²) in [7, 11) is 0. The summed E-state index contributed by atoms with van der Waals surface area (Å²) in [5, 5.41) is 9.19. The van der Waals surface area contributed by atoms with Crippen LogP contribution in [0.15, 0.2) is 24.3 Å². The molecular weight excluding hydrogens is 250 g/mol. The van der Waals surface area contributed by atoms with E-state index in [0.29, 0.717) is 12.4 Å². The van der Waals surface area contributed by atoms with E-state index >= 15 is 0 Å². The SMILES string of the molecule is CCOc1ccc(-c2nc(C(C)(C)C#N)[nH]c2C)cc1. The third-order valence-electron chi connectivity index (χ3n) is 3.19. The van der Waals surface area contributed by atoms with Crippen LogP contribution < -0.4 is 4.74 Å². The second-order valence-corrected chi connectivity index (χ2v) is 5.25. The quantitative estimate of drug-likeness (QED) is 0.922. The molecule has 0 aliphatic carbocycles. The highest BCUT2D eigenvalue weighted by molar-refractivity contribution is 5.63. The molecule has 0 bridgehead atoms. The van der Waals surface area contributed by atoms with Crippen LogP contribution in [0.2, 0.25) is 0 Å². The maximum absolute atomic E-state index is 9.19. The molecule has 0 amide bonds. The minimum Gasteiger partial charge on any atom is -0.494 e. The number of aromatic nitrogens is 2. The Morgan fingerprint density at radius 1 is 1.30 bits per heavy atom. The van der Waals surface area contributed by atoms with E-state index in [1.165, 1.54) is 0 Å². The fourth-order valence-corrected chi connectivity index (χ4v) is 1.97. The van der Waals surface area contributed by atoms with E-state index in [1.807, 2.05) is 52.0 Å². The zero-order chi connectivity index (χ0) is 14.8. The number of imidazole rings is 1. The summed E-state index contributed by atoms with van der Waals surface area (Å²) in [6.07, 6.45) is 0. The minimum atomic E-state index is -0.617. The van der Waals surface area contributed by atoms with Crippen molar-refractivity contribution < 1.29 is 4.74 Å². The van der Waals surface area contributed by atoms with Crippen LogP contribution in [0, 0.1) is 18.3 Å². The van der Waals surface area contributed by atoms with Crippen LogP contribution >= 0.6 is 0 Å². The van der Waals surface area contributed by atoms with Crippen molar-refractivity contribution in [2.24, 2.45) is 0 Å². The molecule has 0 aliphatic heterocycles. The molecule has 104 valence electrons. The second kappa shape index (κ2) is 5.38. The van der Waals surface area contributed by atoms with Gasteiger partial charge in [-0.2, -0.15) is 5.26 Å². The fourth-order valence-electron chi connectivity index (χ4n) is 1.97. The molecule has 1 aromatic carbocycles. The van der Waals surface area contributed by atoms with E-state index in [9.17, 15) is 5.26 Å². The maximum atomic E-state index is 9.19. The average molecular weight is 269 g/mol. The highest BCUT2D eigenvalue weighted by Crippen LogP contribution is 2.27. The molecule has 1 aromatic heterocycles. The van der Waals surface area contributed by atoms with Crippen molar-refractivity contribution in [2.45, 2.75) is 33.1 Å². The summed E-state index contributed by atoms with van der Waals surface area (Å²) in [4.78, 5) is 7.79. The Labute approximate surface area is 119 Å². The number of nitriles is 1. The summed E-state index contributed by atoms with van der Waals surface area (Å²) in [5.74, 6) is 1.54. The smallest absolute Gasteiger partial charge is 0.126 e. The van der Waals surface area contributed by atoms with Gasteiger partial charge in [-0.05, 0) is 52.0 Å². The van der Waals surface area contributed by atoms with Crippen LogP contribution in [-0.2, 0) is 5.41 Å². The summed E-state index contributed by atoms with van der Waals surface area (Å²) in [6.45, 7) is 8.29. The first-order chi connectivity index (χ1) is 9.47. The largest absolute Gasteiger partial charge is 0.494 e. The number of aromatic amines is 1. The predicted molar refractivity (Wildman–Crippen MR) is 78.6 cm³/mol. The summed E-state index contributed by atoms with van der Waals surface area (Å²) < 4.78 is 5.43. The molecule has 0 atom stereocenters. The number of benzene rings is 1. The monoisotopic (exact) mass is 269 g/mol. The topological polar surface area (TPSA) is 61.7 Å². The van der Waals surface area contributed by atoms with Crippen LogP contribution in [-0.4, -0.2) is 16.6 Å². The van der Waals surface area contributed by atoms with E-state index in [2.05, 4.69) is 16.0 Å². The van der Waals surface area contributed by atoms with Gasteiger partial charge in [-0.25, -0.2) is 4.98 Å². The lowest BCUT2D eigenvalue weighted by Gasteiger charge is -2.10. The van der Waals surface area contributed by atoms with Crippen LogP contribution in [0.3, 0.4) is 0 Å². The van der Waals surface area contributed by atoms with Crippen molar-refractivity contribution in [3.05, 3.63) is 35.8 Å². The van der Waals surface area contributed by atoms with E-state index in [4.69, 9.17) is 4.74 Å². The minimum absolute atomic E-state index is 0.617. The summed E-state index contributed by atoms with van der Waals surface area (Å²) in [5.41, 5.74) is 2.25. The lowest BCUT2D eigenvalue weighted by molar-refractivity contribution is 0.340. The van der Waals surface area contributed by atoms with Gasteiger partial charge in [0.2, 0.25) is 0 Å². The molecule has 1 heterocycles. The van der Waals surface area contributed by atoms with E-state index in [0.717, 1.165) is 22.7 Å². The predicted octanol–water partition coefficient (Wildman–Crippen LogP) is 3.59. The number of hydrogen-bond donors (Lipinski definition) is 1. The van der Waals surface area contributed by atoms with Crippen molar-refractivity contribution in [3.8, 4) is 23.1 Å². The number of H-pyrrole nitrogens is 1. The number of nitrogens with one attached hydrogen (secondary N) is 1. The Morgan fingerprint density at radius 3 is 2.50 bits per heavy atom. The number of rotatable bonds is 4. The molecule has 0 saturated carbocycles. The van der Waals surface area contributed by atoms with Crippen molar-refractivity contribution in [2.75, 3.05) is 6.61 Å². The molecule has 0 spiro atoms. The summed E-state index contributed by atoms with van der Waals surface area (Å²) >= 11 is 0. The lowest BCUT2D eigenvalue weighted by atomic mass is 9.95. The van der Waals surface area contributed by atoms with Gasteiger partial charge < -0.3 is 9.72 Å². The Hall–Kier alpha value is -2.28. The molecule has 0 saturated heterocycles. The normalized spacial score (nSPS) is 11.2. The third-order valence-corrected chi connectivity index (χ3v) is 3.19. The maximum Gasteiger partial charge on any atom is 0.126 e. The van der Waals surface area contributed by atoms with Crippen molar-refractivity contribution in [1.82, 2.24) is 9.97 Å². The van der Waals surface area contributed by atoms with Gasteiger partial charge in [-0.15, -0.1) is 0 Å². The van der Waals surface area contributed by atoms with Crippen LogP contribution in [0.1, 0.15) is 32.3 Å². The van der Waals surface area contributed by atoms with Crippen LogP contribution in [0.5, 0.6) is 5.75 Å². The standard InChI is InChI=1S/C16H19N3O/c1-5-20-13-8-6-12(7-9-13)14-11(2)18-15(19-14)16(3,4)10-17/h6-9H,5H2,1-4H3,(H,18,19). The molecule has 0 unspecified atom stereocenters. The number of ether oxygens (including phenoxy) is 1. The van der Waals surface area contributed by atoms with Crippen molar-refractivity contribution >= 4 is 0 Å². The zero-order valence-corrected chi connectivity index (χ0v) is 12.3. The molecule has 0 radical (unpaired) electrons. The van der Waals surface area contributed by atoms with Crippen molar-refractivity contribution in [3.63, 3.8) is 0 Å². The van der Waals surface area contributed by atoms with Gasteiger partial charge in [0.15, 0.2) is 0 Å². The van der Waals surface area contributed by atoms with E-state index in [1.54, 1.807) is 0 Å². The highest BCUT2D eigenvalue weighted by atomic mass is 16.5. The average Bonchev–Trinajstić information content (AvgIpc) is 2.83. The van der Waals surface area contributed by atoms with E-state index in [-0.39, 0.29) is 0 Å². The molecule has 4 nitrogen and oxygen atoms in total. The Bertz CT molecular complexity index is 633. The first-order valence-corrected chi connectivity index (χ1v) is 6.69. The van der Waals surface area contributed by atoms with Gasteiger partial charge in [0.1, 0.15) is 17.0 Å². The third kappa shape index (κ3) is 2.67. The molecule has 2 aromatic rings. The Kier molecular flexibility index (Phi) is 3.80. The van der Waals surface area contributed by atoms with E-state index < -0.39 is 5.41 Å². The number of nitrogens with zero attached hydrogens (tertiary/aromatic N) is 2. The first-order valence-electron chi connectivity index (χ1n) is 6.69. The van der Waals surface area contributed by atoms with Gasteiger partial charge in [0.25, 0.3) is 0 Å². The first kappa shape index (κ1) is 14.1. The molecule has 0 fully saturated rings. The molecular formula is C16H19N3O. The lowest BCUT2D eigenvalue weighted by Crippen LogP contribution is -2.15. The Balaban J connectivity index is 2.36. The van der Waals surface area contributed by atoms with Gasteiger partial charge in [-0.3, -0.25) is 0 Å². The van der Waals surface area contributed by atoms with Gasteiger partial charge in [0, 0.05) is 11.3 Å². The van der Waals surface area contributed by atoms with Crippen LogP contribution in [0.4, 0.5) is 0 Å². The van der Waals surface area contributed by atoms with Gasteiger partial charge >= 0.3 is 0 Å². The Morgan fingerprint density at radius 2 is 1.95 bits per heavy atom. The van der Waals surface area contributed by atoms with Gasteiger partial charge in [0.05, 0.1) is 18.4 Å². The summed E-state index contributed by atoms with van der Waals surface area (Å²) in [6, 6.07) is 10.1. The van der Waals surface area contributed by atoms with Crippen molar-refractivity contribution in [1.29, 1.82) is 5.26 Å². The molecule has 4 heteroatoms. The molecule has 2 rings (SSSR count). The van der Waals surface area contributed by atoms with Crippen LogP contribution in [0.25, 0.3) is 11.3 Å². The number of hydrogen-bond acceptors (Lipinski definition) is 3. The molecule has 20 heavy (non-hydrogen) atoms. The zero-order valence-electron chi connectivity index (χ0n) is 12.3. The fraction of sp³-hybridized carbons (Fsp3) is 0.375.